The van der Waals surface area contributed by atoms with E-state index in [0.717, 1.165) is 0 Å². The highest BCUT2D eigenvalue weighted by Crippen LogP contribution is 2.03. The predicted molar refractivity (Wildman–Crippen MR) is 59.4 cm³/mol. The maximum absolute atomic E-state index is 11.5. The van der Waals surface area contributed by atoms with Crippen molar-refractivity contribution in [3.8, 4) is 6.07 Å². The van der Waals surface area contributed by atoms with Crippen molar-refractivity contribution in [3.05, 3.63) is 0 Å². The molecule has 6 heteroatoms. The van der Waals surface area contributed by atoms with Crippen LogP contribution in [0, 0.1) is 17.2 Å². The fourth-order valence-corrected chi connectivity index (χ4v) is 2.13. The monoisotopic (exact) mass is 233 g/mol. The lowest BCUT2D eigenvalue weighted by Crippen LogP contribution is -2.43. The SMILES string of the molecule is CCC(C#N)S(=O)(=O)NCC(N)C(C)C. The van der Waals surface area contributed by atoms with E-state index in [4.69, 9.17) is 11.0 Å². The molecule has 0 aliphatic carbocycles. The third-order valence-corrected chi connectivity index (χ3v) is 4.02. The number of sulfonamides is 1. The van der Waals surface area contributed by atoms with Gasteiger partial charge in [0.1, 0.15) is 0 Å². The Morgan fingerprint density at radius 2 is 2.00 bits per heavy atom. The first kappa shape index (κ1) is 14.4. The third-order valence-electron chi connectivity index (χ3n) is 2.27. The fourth-order valence-electron chi connectivity index (χ4n) is 0.929. The molecule has 0 saturated carbocycles. The zero-order chi connectivity index (χ0) is 12.1. The van der Waals surface area contributed by atoms with Gasteiger partial charge >= 0.3 is 0 Å². The van der Waals surface area contributed by atoms with Crippen LogP contribution in [0.15, 0.2) is 0 Å². The summed E-state index contributed by atoms with van der Waals surface area (Å²) >= 11 is 0. The van der Waals surface area contributed by atoms with Crippen molar-refractivity contribution in [2.24, 2.45) is 11.7 Å². The fraction of sp³-hybridized carbons (Fsp3) is 0.889. The van der Waals surface area contributed by atoms with Gasteiger partial charge in [-0.05, 0) is 12.3 Å². The van der Waals surface area contributed by atoms with Gasteiger partial charge in [0.2, 0.25) is 10.0 Å². The summed E-state index contributed by atoms with van der Waals surface area (Å²) in [6.45, 7) is 5.68. The molecule has 0 aromatic rings. The summed E-state index contributed by atoms with van der Waals surface area (Å²) in [5.41, 5.74) is 5.70. The van der Waals surface area contributed by atoms with E-state index in [2.05, 4.69) is 4.72 Å². The minimum absolute atomic E-state index is 0.179. The van der Waals surface area contributed by atoms with Gasteiger partial charge in [-0.1, -0.05) is 20.8 Å². The molecule has 15 heavy (non-hydrogen) atoms. The third kappa shape index (κ3) is 4.60. The van der Waals surface area contributed by atoms with E-state index >= 15 is 0 Å². The van der Waals surface area contributed by atoms with Crippen molar-refractivity contribution in [2.45, 2.75) is 38.5 Å². The van der Waals surface area contributed by atoms with E-state index in [1.165, 1.54) is 0 Å². The second kappa shape index (κ2) is 6.05. The normalized spacial score (nSPS) is 16.0. The Bertz CT molecular complexity index is 319. The van der Waals surface area contributed by atoms with Crippen molar-refractivity contribution in [1.29, 1.82) is 5.26 Å². The van der Waals surface area contributed by atoms with E-state index in [9.17, 15) is 8.42 Å². The first-order valence-corrected chi connectivity index (χ1v) is 6.53. The molecule has 0 heterocycles. The lowest BCUT2D eigenvalue weighted by molar-refractivity contribution is 0.480. The van der Waals surface area contributed by atoms with Crippen molar-refractivity contribution in [3.63, 3.8) is 0 Å². The van der Waals surface area contributed by atoms with E-state index in [1.807, 2.05) is 13.8 Å². The Labute approximate surface area is 91.7 Å². The molecule has 0 rings (SSSR count). The predicted octanol–water partition coefficient (Wildman–Crippen LogP) is 0.191. The molecule has 2 unspecified atom stereocenters. The lowest BCUT2D eigenvalue weighted by Gasteiger charge is -2.17. The van der Waals surface area contributed by atoms with Crippen molar-refractivity contribution < 1.29 is 8.42 Å². The molecule has 0 fully saturated rings. The topological polar surface area (TPSA) is 96.0 Å². The quantitative estimate of drug-likeness (QED) is 0.684. The van der Waals surface area contributed by atoms with Gasteiger partial charge in [-0.2, -0.15) is 5.26 Å². The number of nitrogens with one attached hydrogen (secondary N) is 1. The summed E-state index contributed by atoms with van der Waals surface area (Å²) in [5.74, 6) is 0.204. The van der Waals surface area contributed by atoms with Gasteiger partial charge in [0.25, 0.3) is 0 Å². The maximum Gasteiger partial charge on any atom is 0.228 e. The molecule has 0 aromatic heterocycles. The average Bonchev–Trinajstić information content (AvgIpc) is 2.15. The molecule has 5 nitrogen and oxygen atoms in total. The van der Waals surface area contributed by atoms with Crippen LogP contribution in [-0.4, -0.2) is 26.3 Å². The molecule has 2 atom stereocenters. The van der Waals surface area contributed by atoms with Crippen LogP contribution >= 0.6 is 0 Å². The average molecular weight is 233 g/mol. The number of hydrogen-bond donors (Lipinski definition) is 2. The Kier molecular flexibility index (Phi) is 5.80. The van der Waals surface area contributed by atoms with Gasteiger partial charge in [0.15, 0.2) is 5.25 Å². The molecular formula is C9H19N3O2S. The van der Waals surface area contributed by atoms with Gasteiger partial charge in [-0.15, -0.1) is 0 Å². The summed E-state index contributed by atoms with van der Waals surface area (Å²) in [7, 11) is -3.54. The molecule has 0 aliphatic rings. The van der Waals surface area contributed by atoms with Gasteiger partial charge in [0.05, 0.1) is 6.07 Å². The highest BCUT2D eigenvalue weighted by molar-refractivity contribution is 7.90. The molecule has 3 N–H and O–H groups in total. The second-order valence-corrected chi connectivity index (χ2v) is 5.78. The molecule has 0 saturated heterocycles. The van der Waals surface area contributed by atoms with E-state index in [0.29, 0.717) is 0 Å². The van der Waals surface area contributed by atoms with Gasteiger partial charge < -0.3 is 5.73 Å². The van der Waals surface area contributed by atoms with Crippen molar-refractivity contribution in [1.82, 2.24) is 4.72 Å². The second-order valence-electron chi connectivity index (χ2n) is 3.83. The van der Waals surface area contributed by atoms with E-state index < -0.39 is 15.3 Å². The number of nitrogens with zero attached hydrogens (tertiary/aromatic N) is 1. The first-order chi connectivity index (χ1) is 6.85. The van der Waals surface area contributed by atoms with Gasteiger partial charge in [-0.25, -0.2) is 13.1 Å². The van der Waals surface area contributed by atoms with E-state index in [-0.39, 0.29) is 24.9 Å². The Morgan fingerprint density at radius 1 is 1.47 bits per heavy atom. The molecule has 88 valence electrons. The number of hydrogen-bond acceptors (Lipinski definition) is 4. The standard InChI is InChI=1S/C9H19N3O2S/c1-4-8(5-10)15(13,14)12-6-9(11)7(2)3/h7-9,12H,4,6,11H2,1-3H3. The van der Waals surface area contributed by atoms with Crippen LogP contribution in [0.5, 0.6) is 0 Å². The zero-order valence-electron chi connectivity index (χ0n) is 9.40. The molecule has 0 radical (unpaired) electrons. The lowest BCUT2D eigenvalue weighted by atomic mass is 10.1. The molecular weight excluding hydrogens is 214 g/mol. The molecule has 0 spiro atoms. The summed E-state index contributed by atoms with van der Waals surface area (Å²) in [6, 6.07) is 1.53. The molecule has 0 aromatic carbocycles. The van der Waals surface area contributed by atoms with Crippen LogP contribution in [0.2, 0.25) is 0 Å². The maximum atomic E-state index is 11.5. The van der Waals surface area contributed by atoms with Crippen LogP contribution in [0.25, 0.3) is 0 Å². The smallest absolute Gasteiger partial charge is 0.228 e. The first-order valence-electron chi connectivity index (χ1n) is 4.98. The van der Waals surface area contributed by atoms with Crippen molar-refractivity contribution >= 4 is 10.0 Å². The summed E-state index contributed by atoms with van der Waals surface area (Å²) in [5, 5.41) is 7.65. The van der Waals surface area contributed by atoms with Crippen LogP contribution < -0.4 is 10.5 Å². The number of nitrogens with two attached hydrogens (primary N) is 1. The van der Waals surface area contributed by atoms with Crippen LogP contribution in [0.3, 0.4) is 0 Å². The van der Waals surface area contributed by atoms with Crippen LogP contribution in [0.4, 0.5) is 0 Å². The Balaban J connectivity index is 4.35. The molecule has 0 amide bonds. The van der Waals surface area contributed by atoms with Crippen LogP contribution in [-0.2, 0) is 10.0 Å². The zero-order valence-corrected chi connectivity index (χ0v) is 10.2. The molecule has 0 aliphatic heterocycles. The number of rotatable bonds is 6. The minimum Gasteiger partial charge on any atom is -0.326 e. The highest BCUT2D eigenvalue weighted by Gasteiger charge is 2.23. The highest BCUT2D eigenvalue weighted by atomic mass is 32.2. The van der Waals surface area contributed by atoms with E-state index in [1.54, 1.807) is 13.0 Å². The Hall–Kier alpha value is -0.640. The van der Waals surface area contributed by atoms with Crippen LogP contribution in [0.1, 0.15) is 27.2 Å². The largest absolute Gasteiger partial charge is 0.326 e. The minimum atomic E-state index is -3.54. The summed E-state index contributed by atoms with van der Waals surface area (Å²) < 4.78 is 25.4. The Morgan fingerprint density at radius 3 is 2.33 bits per heavy atom. The summed E-state index contributed by atoms with van der Waals surface area (Å²) in [6.07, 6.45) is 0.281. The number of nitriles is 1. The van der Waals surface area contributed by atoms with Gasteiger partial charge in [0, 0.05) is 12.6 Å². The molecule has 0 bridgehead atoms. The van der Waals surface area contributed by atoms with Crippen molar-refractivity contribution in [2.75, 3.05) is 6.54 Å². The summed E-state index contributed by atoms with van der Waals surface area (Å²) in [4.78, 5) is 0. The van der Waals surface area contributed by atoms with Gasteiger partial charge in [-0.3, -0.25) is 0 Å².